The van der Waals surface area contributed by atoms with Crippen LogP contribution in [0.3, 0.4) is 0 Å². The SMILES string of the molecule is CCN1C(=O)CC(Nc2cc(Cl)c(OC)cc2OC)C1=O. The third kappa shape index (κ3) is 2.90. The molecule has 114 valence electrons. The zero-order valence-electron chi connectivity index (χ0n) is 12.1. The van der Waals surface area contributed by atoms with Crippen LogP contribution in [0.25, 0.3) is 0 Å². The van der Waals surface area contributed by atoms with Gasteiger partial charge in [-0.15, -0.1) is 0 Å². The van der Waals surface area contributed by atoms with E-state index < -0.39 is 6.04 Å². The van der Waals surface area contributed by atoms with Crippen LogP contribution < -0.4 is 14.8 Å². The molecule has 0 aliphatic carbocycles. The first-order valence-electron chi connectivity index (χ1n) is 6.54. The monoisotopic (exact) mass is 312 g/mol. The van der Waals surface area contributed by atoms with Gasteiger partial charge in [0, 0.05) is 12.6 Å². The molecule has 2 amide bonds. The van der Waals surface area contributed by atoms with Crippen molar-refractivity contribution >= 4 is 29.1 Å². The molecule has 2 rings (SSSR count). The van der Waals surface area contributed by atoms with Crippen LogP contribution in [0.4, 0.5) is 5.69 Å². The number of hydrogen-bond donors (Lipinski definition) is 1. The summed E-state index contributed by atoms with van der Waals surface area (Å²) in [7, 11) is 3.01. The molecule has 1 N–H and O–H groups in total. The largest absolute Gasteiger partial charge is 0.495 e. The molecule has 1 aromatic carbocycles. The summed E-state index contributed by atoms with van der Waals surface area (Å²) in [5.74, 6) is 0.546. The lowest BCUT2D eigenvalue weighted by atomic mass is 10.2. The van der Waals surface area contributed by atoms with Crippen LogP contribution in [0, 0.1) is 0 Å². The van der Waals surface area contributed by atoms with Crippen molar-refractivity contribution in [3.63, 3.8) is 0 Å². The number of rotatable bonds is 5. The van der Waals surface area contributed by atoms with Gasteiger partial charge in [0.2, 0.25) is 5.91 Å². The minimum Gasteiger partial charge on any atom is -0.495 e. The Balaban J connectivity index is 2.26. The number of anilines is 1. The Morgan fingerprint density at radius 1 is 1.29 bits per heavy atom. The first kappa shape index (κ1) is 15.4. The number of carbonyl (C=O) groups is 2. The standard InChI is InChI=1S/C14H17ClN2O4/c1-4-17-13(18)6-10(14(17)19)16-9-5-8(15)11(20-2)7-12(9)21-3/h5,7,10,16H,4,6H2,1-3H3. The van der Waals surface area contributed by atoms with E-state index in [9.17, 15) is 9.59 Å². The molecule has 0 bridgehead atoms. The van der Waals surface area contributed by atoms with Crippen LogP contribution in [0.1, 0.15) is 13.3 Å². The van der Waals surface area contributed by atoms with E-state index in [1.165, 1.54) is 19.1 Å². The molecule has 1 heterocycles. The van der Waals surface area contributed by atoms with Gasteiger partial charge in [0.1, 0.15) is 17.5 Å². The van der Waals surface area contributed by atoms with E-state index in [1.807, 2.05) is 0 Å². The van der Waals surface area contributed by atoms with Crippen molar-refractivity contribution in [3.8, 4) is 11.5 Å². The van der Waals surface area contributed by atoms with Crippen LogP contribution in [-0.4, -0.2) is 43.5 Å². The number of nitrogens with zero attached hydrogens (tertiary/aromatic N) is 1. The van der Waals surface area contributed by atoms with Crippen LogP contribution in [0.5, 0.6) is 11.5 Å². The zero-order valence-corrected chi connectivity index (χ0v) is 12.9. The number of methoxy groups -OCH3 is 2. The molecular formula is C14H17ClN2O4. The molecule has 0 aromatic heterocycles. The van der Waals surface area contributed by atoms with Crippen LogP contribution in [0.15, 0.2) is 12.1 Å². The summed E-state index contributed by atoms with van der Waals surface area (Å²) < 4.78 is 10.4. The predicted molar refractivity (Wildman–Crippen MR) is 79.0 cm³/mol. The fourth-order valence-electron chi connectivity index (χ4n) is 2.29. The Morgan fingerprint density at radius 3 is 2.48 bits per heavy atom. The number of ether oxygens (including phenoxy) is 2. The van der Waals surface area contributed by atoms with E-state index in [4.69, 9.17) is 21.1 Å². The Morgan fingerprint density at radius 2 is 1.95 bits per heavy atom. The van der Waals surface area contributed by atoms with E-state index in [0.29, 0.717) is 28.8 Å². The van der Waals surface area contributed by atoms with Gasteiger partial charge < -0.3 is 14.8 Å². The first-order chi connectivity index (χ1) is 10.0. The molecule has 6 nitrogen and oxygen atoms in total. The highest BCUT2D eigenvalue weighted by Gasteiger charge is 2.37. The van der Waals surface area contributed by atoms with Gasteiger partial charge in [-0.3, -0.25) is 14.5 Å². The molecule has 0 radical (unpaired) electrons. The Labute approximate surface area is 128 Å². The van der Waals surface area contributed by atoms with Crippen LogP contribution >= 0.6 is 11.6 Å². The maximum Gasteiger partial charge on any atom is 0.252 e. The highest BCUT2D eigenvalue weighted by molar-refractivity contribution is 6.32. The fourth-order valence-corrected chi connectivity index (χ4v) is 2.53. The van der Waals surface area contributed by atoms with Crippen molar-refractivity contribution in [1.82, 2.24) is 4.90 Å². The summed E-state index contributed by atoms with van der Waals surface area (Å²) in [6, 6.07) is 2.64. The van der Waals surface area contributed by atoms with Gasteiger partial charge in [-0.2, -0.15) is 0 Å². The van der Waals surface area contributed by atoms with E-state index >= 15 is 0 Å². The summed E-state index contributed by atoms with van der Waals surface area (Å²) >= 11 is 6.08. The van der Waals surface area contributed by atoms with E-state index in [2.05, 4.69) is 5.32 Å². The summed E-state index contributed by atoms with van der Waals surface area (Å²) in [5.41, 5.74) is 0.549. The summed E-state index contributed by atoms with van der Waals surface area (Å²) in [5, 5.41) is 3.41. The van der Waals surface area contributed by atoms with Crippen molar-refractivity contribution in [3.05, 3.63) is 17.2 Å². The molecule has 1 saturated heterocycles. The van der Waals surface area contributed by atoms with Gasteiger partial charge >= 0.3 is 0 Å². The van der Waals surface area contributed by atoms with Gasteiger partial charge in [0.05, 0.1) is 31.4 Å². The minimum absolute atomic E-state index is 0.124. The molecule has 21 heavy (non-hydrogen) atoms. The second-order valence-electron chi connectivity index (χ2n) is 4.56. The van der Waals surface area contributed by atoms with Gasteiger partial charge in [-0.05, 0) is 13.0 Å². The van der Waals surface area contributed by atoms with E-state index in [0.717, 1.165) is 0 Å². The van der Waals surface area contributed by atoms with Crippen molar-refractivity contribution in [2.45, 2.75) is 19.4 Å². The maximum atomic E-state index is 12.1. The molecule has 1 aromatic rings. The summed E-state index contributed by atoms with van der Waals surface area (Å²) in [6.45, 7) is 2.14. The Bertz CT molecular complexity index is 576. The van der Waals surface area contributed by atoms with Gasteiger partial charge in [0.15, 0.2) is 0 Å². The molecule has 7 heteroatoms. The number of likely N-dealkylation sites (N-methyl/N-ethyl adjacent to an activating group) is 1. The summed E-state index contributed by atoms with van der Waals surface area (Å²) in [6.07, 6.45) is 0.124. The number of carbonyl (C=O) groups excluding carboxylic acids is 2. The van der Waals surface area contributed by atoms with Gasteiger partial charge in [-0.25, -0.2) is 0 Å². The normalized spacial score (nSPS) is 18.1. The average Bonchev–Trinajstić information content (AvgIpc) is 2.73. The Kier molecular flexibility index (Phi) is 4.57. The van der Waals surface area contributed by atoms with Crippen molar-refractivity contribution in [2.24, 2.45) is 0 Å². The number of imide groups is 1. The van der Waals surface area contributed by atoms with Crippen molar-refractivity contribution in [1.29, 1.82) is 0 Å². The van der Waals surface area contributed by atoms with Gasteiger partial charge in [0.25, 0.3) is 5.91 Å². The van der Waals surface area contributed by atoms with E-state index in [1.54, 1.807) is 19.1 Å². The van der Waals surface area contributed by atoms with Crippen molar-refractivity contribution < 1.29 is 19.1 Å². The van der Waals surface area contributed by atoms with Crippen LogP contribution in [-0.2, 0) is 9.59 Å². The van der Waals surface area contributed by atoms with Gasteiger partial charge in [-0.1, -0.05) is 11.6 Å². The average molecular weight is 313 g/mol. The zero-order chi connectivity index (χ0) is 15.6. The van der Waals surface area contributed by atoms with Crippen LogP contribution in [0.2, 0.25) is 5.02 Å². The molecule has 1 atom stereocenters. The number of halogens is 1. The summed E-state index contributed by atoms with van der Waals surface area (Å²) in [4.78, 5) is 25.1. The lowest BCUT2D eigenvalue weighted by Crippen LogP contribution is -2.34. The molecular weight excluding hydrogens is 296 g/mol. The highest BCUT2D eigenvalue weighted by atomic mass is 35.5. The number of likely N-dealkylation sites (tertiary alicyclic amines) is 1. The first-order valence-corrected chi connectivity index (χ1v) is 6.91. The second kappa shape index (κ2) is 6.22. The molecule has 1 aliphatic rings. The Hall–Kier alpha value is -1.95. The smallest absolute Gasteiger partial charge is 0.252 e. The quantitative estimate of drug-likeness (QED) is 0.841. The fraction of sp³-hybridized carbons (Fsp3) is 0.429. The highest BCUT2D eigenvalue weighted by Crippen LogP contribution is 2.36. The molecule has 0 saturated carbocycles. The molecule has 0 spiro atoms. The molecule has 1 fully saturated rings. The topological polar surface area (TPSA) is 67.9 Å². The minimum atomic E-state index is -0.601. The lowest BCUT2D eigenvalue weighted by molar-refractivity contribution is -0.138. The van der Waals surface area contributed by atoms with E-state index in [-0.39, 0.29) is 18.2 Å². The third-order valence-corrected chi connectivity index (χ3v) is 3.66. The molecule has 1 unspecified atom stereocenters. The third-order valence-electron chi connectivity index (χ3n) is 3.36. The predicted octanol–water partition coefficient (Wildman–Crippen LogP) is 1.92. The number of nitrogens with one attached hydrogen (secondary N) is 1. The molecule has 1 aliphatic heterocycles. The lowest BCUT2D eigenvalue weighted by Gasteiger charge is -2.17. The maximum absolute atomic E-state index is 12.1. The number of hydrogen-bond acceptors (Lipinski definition) is 5. The number of benzene rings is 1. The van der Waals surface area contributed by atoms with Crippen molar-refractivity contribution in [2.75, 3.05) is 26.1 Å². The second-order valence-corrected chi connectivity index (χ2v) is 4.97. The number of amides is 2.